The Kier molecular flexibility index (Phi) is 5.40. The van der Waals surface area contributed by atoms with Gasteiger partial charge in [-0.3, -0.25) is 14.9 Å². The van der Waals surface area contributed by atoms with Crippen molar-refractivity contribution in [2.45, 2.75) is 6.92 Å². The van der Waals surface area contributed by atoms with E-state index in [-0.39, 0.29) is 11.3 Å². The molecule has 7 heteroatoms. The summed E-state index contributed by atoms with van der Waals surface area (Å²) in [4.78, 5) is 22.1. The van der Waals surface area contributed by atoms with Gasteiger partial charge in [0, 0.05) is 23.3 Å². The fraction of sp³-hybridized carbons (Fsp3) is 0.125. The molecule has 0 aliphatic rings. The predicted molar refractivity (Wildman–Crippen MR) is 85.2 cm³/mol. The number of ether oxygens (including phenoxy) is 1. The van der Waals surface area contributed by atoms with Crippen LogP contribution in [0, 0.1) is 10.1 Å². The Labute approximate surface area is 132 Å². The Balaban J connectivity index is 2.12. The standard InChI is InChI=1S/C16H15N3O4/c1-2-23-16(13-6-4-3-5-7-13)18-17-15(20)12-8-10-14(11-9-12)19(21)22/h3-11H,2H2,1H3,(H,17,20). The van der Waals surface area contributed by atoms with E-state index >= 15 is 0 Å². The van der Waals surface area contributed by atoms with Gasteiger partial charge >= 0.3 is 0 Å². The van der Waals surface area contributed by atoms with Crippen molar-refractivity contribution >= 4 is 17.5 Å². The lowest BCUT2D eigenvalue weighted by Gasteiger charge is -2.07. The highest BCUT2D eigenvalue weighted by Gasteiger charge is 2.10. The molecule has 7 nitrogen and oxygen atoms in total. The Morgan fingerprint density at radius 3 is 2.35 bits per heavy atom. The van der Waals surface area contributed by atoms with Crippen molar-refractivity contribution in [3.05, 3.63) is 75.8 Å². The molecule has 0 heterocycles. The van der Waals surface area contributed by atoms with Crippen LogP contribution in [0.4, 0.5) is 5.69 Å². The van der Waals surface area contributed by atoms with Crippen LogP contribution in [0.5, 0.6) is 0 Å². The largest absolute Gasteiger partial charge is 0.477 e. The molecule has 0 aliphatic heterocycles. The van der Waals surface area contributed by atoms with Gasteiger partial charge in [-0.1, -0.05) is 18.2 Å². The van der Waals surface area contributed by atoms with Crippen molar-refractivity contribution in [2.24, 2.45) is 5.10 Å². The molecule has 1 amide bonds. The first-order chi connectivity index (χ1) is 11.1. The average molecular weight is 313 g/mol. The summed E-state index contributed by atoms with van der Waals surface area (Å²) >= 11 is 0. The van der Waals surface area contributed by atoms with E-state index in [2.05, 4.69) is 10.5 Å². The smallest absolute Gasteiger partial charge is 0.271 e. The lowest BCUT2D eigenvalue weighted by Crippen LogP contribution is -2.21. The number of nitro benzene ring substituents is 1. The van der Waals surface area contributed by atoms with Crippen LogP contribution in [0.15, 0.2) is 59.7 Å². The Bertz CT molecular complexity index is 712. The summed E-state index contributed by atoms with van der Waals surface area (Å²) in [7, 11) is 0. The first-order valence-corrected chi connectivity index (χ1v) is 6.92. The number of rotatable bonds is 5. The number of non-ortho nitro benzene ring substituents is 1. The van der Waals surface area contributed by atoms with E-state index in [9.17, 15) is 14.9 Å². The van der Waals surface area contributed by atoms with Gasteiger partial charge in [0.2, 0.25) is 5.90 Å². The van der Waals surface area contributed by atoms with Gasteiger partial charge in [-0.15, -0.1) is 5.10 Å². The molecule has 0 fully saturated rings. The number of hydrazone groups is 1. The van der Waals surface area contributed by atoms with Crippen LogP contribution in [-0.2, 0) is 4.74 Å². The second-order valence-corrected chi connectivity index (χ2v) is 4.46. The maximum absolute atomic E-state index is 12.0. The molecular weight excluding hydrogens is 298 g/mol. The number of nitrogens with zero attached hydrogens (tertiary/aromatic N) is 2. The molecule has 0 saturated carbocycles. The van der Waals surface area contributed by atoms with Gasteiger partial charge in [0.05, 0.1) is 11.5 Å². The second-order valence-electron chi connectivity index (χ2n) is 4.46. The predicted octanol–water partition coefficient (Wildman–Crippen LogP) is 2.72. The molecule has 118 valence electrons. The zero-order valence-electron chi connectivity index (χ0n) is 12.4. The van der Waals surface area contributed by atoms with Gasteiger partial charge in [0.15, 0.2) is 0 Å². The van der Waals surface area contributed by atoms with Gasteiger partial charge < -0.3 is 4.74 Å². The average Bonchev–Trinajstić information content (AvgIpc) is 2.59. The van der Waals surface area contributed by atoms with Crippen molar-refractivity contribution in [1.29, 1.82) is 0 Å². The highest BCUT2D eigenvalue weighted by molar-refractivity contribution is 5.98. The minimum absolute atomic E-state index is 0.0793. The molecular formula is C16H15N3O4. The van der Waals surface area contributed by atoms with Crippen molar-refractivity contribution < 1.29 is 14.5 Å². The summed E-state index contributed by atoms with van der Waals surface area (Å²) in [5.74, 6) is -0.184. The normalized spacial score (nSPS) is 10.9. The number of hydrogen-bond acceptors (Lipinski definition) is 5. The summed E-state index contributed by atoms with van der Waals surface area (Å²) in [6.07, 6.45) is 0. The molecule has 0 aliphatic carbocycles. The molecule has 1 N–H and O–H groups in total. The molecule has 0 aromatic heterocycles. The van der Waals surface area contributed by atoms with Crippen LogP contribution in [-0.4, -0.2) is 23.3 Å². The zero-order chi connectivity index (χ0) is 16.7. The van der Waals surface area contributed by atoms with Crippen molar-refractivity contribution in [3.63, 3.8) is 0 Å². The number of hydrogen-bond donors (Lipinski definition) is 1. The number of amides is 1. The van der Waals surface area contributed by atoms with E-state index in [1.807, 2.05) is 37.3 Å². The number of benzene rings is 2. The van der Waals surface area contributed by atoms with E-state index in [1.165, 1.54) is 24.3 Å². The third-order valence-corrected chi connectivity index (χ3v) is 2.90. The molecule has 0 saturated heterocycles. The second kappa shape index (κ2) is 7.69. The molecule has 0 unspecified atom stereocenters. The van der Waals surface area contributed by atoms with Crippen LogP contribution >= 0.6 is 0 Å². The third kappa shape index (κ3) is 4.37. The molecule has 2 aromatic rings. The molecule has 0 atom stereocenters. The van der Waals surface area contributed by atoms with Crippen molar-refractivity contribution in [1.82, 2.24) is 5.43 Å². The molecule has 2 rings (SSSR count). The first-order valence-electron chi connectivity index (χ1n) is 6.92. The van der Waals surface area contributed by atoms with Gasteiger partial charge in [-0.25, -0.2) is 5.43 Å². The van der Waals surface area contributed by atoms with Crippen LogP contribution in [0.25, 0.3) is 0 Å². The Morgan fingerprint density at radius 1 is 1.13 bits per heavy atom. The third-order valence-electron chi connectivity index (χ3n) is 2.90. The van der Waals surface area contributed by atoms with E-state index < -0.39 is 10.8 Å². The quantitative estimate of drug-likeness (QED) is 0.397. The van der Waals surface area contributed by atoms with Crippen LogP contribution < -0.4 is 5.43 Å². The Hall–Kier alpha value is -3.22. The monoisotopic (exact) mass is 313 g/mol. The number of carbonyl (C=O) groups excluding carboxylic acids is 1. The molecule has 0 spiro atoms. The number of nitrogens with one attached hydrogen (secondary N) is 1. The van der Waals surface area contributed by atoms with E-state index in [4.69, 9.17) is 4.74 Å². The SMILES string of the molecule is CCOC(=NNC(=O)c1ccc([N+](=O)[O-])cc1)c1ccccc1. The molecule has 23 heavy (non-hydrogen) atoms. The summed E-state index contributed by atoms with van der Waals surface area (Å²) in [6.45, 7) is 2.22. The Morgan fingerprint density at radius 2 is 1.78 bits per heavy atom. The zero-order valence-corrected chi connectivity index (χ0v) is 12.4. The lowest BCUT2D eigenvalue weighted by molar-refractivity contribution is -0.384. The van der Waals surface area contributed by atoms with Gasteiger partial charge in [0.1, 0.15) is 0 Å². The first kappa shape index (κ1) is 16.2. The highest BCUT2D eigenvalue weighted by Crippen LogP contribution is 2.11. The summed E-state index contributed by atoms with van der Waals surface area (Å²) in [5.41, 5.74) is 3.31. The van der Waals surface area contributed by atoms with Crippen molar-refractivity contribution in [3.8, 4) is 0 Å². The lowest BCUT2D eigenvalue weighted by atomic mass is 10.2. The van der Waals surface area contributed by atoms with Crippen LogP contribution in [0.3, 0.4) is 0 Å². The van der Waals surface area contributed by atoms with Gasteiger partial charge in [-0.05, 0) is 31.2 Å². The van der Waals surface area contributed by atoms with Crippen LogP contribution in [0.2, 0.25) is 0 Å². The fourth-order valence-electron chi connectivity index (χ4n) is 1.80. The maximum Gasteiger partial charge on any atom is 0.271 e. The van der Waals surface area contributed by atoms with Crippen LogP contribution in [0.1, 0.15) is 22.8 Å². The highest BCUT2D eigenvalue weighted by atomic mass is 16.6. The minimum atomic E-state index is -0.525. The topological polar surface area (TPSA) is 93.8 Å². The fourth-order valence-corrected chi connectivity index (χ4v) is 1.80. The molecule has 0 bridgehead atoms. The molecule has 2 aromatic carbocycles. The van der Waals surface area contributed by atoms with E-state index in [1.54, 1.807) is 0 Å². The van der Waals surface area contributed by atoms with Gasteiger partial charge in [-0.2, -0.15) is 0 Å². The number of carbonyl (C=O) groups is 1. The minimum Gasteiger partial charge on any atom is -0.477 e. The van der Waals surface area contributed by atoms with E-state index in [0.29, 0.717) is 12.5 Å². The summed E-state index contributed by atoms with van der Waals surface area (Å²) < 4.78 is 5.41. The summed E-state index contributed by atoms with van der Waals surface area (Å²) in [6, 6.07) is 14.4. The van der Waals surface area contributed by atoms with Crippen molar-refractivity contribution in [2.75, 3.05) is 6.61 Å². The molecule has 0 radical (unpaired) electrons. The van der Waals surface area contributed by atoms with E-state index in [0.717, 1.165) is 5.56 Å². The number of nitro groups is 1. The maximum atomic E-state index is 12.0. The van der Waals surface area contributed by atoms with Gasteiger partial charge in [0.25, 0.3) is 11.6 Å². The summed E-state index contributed by atoms with van der Waals surface area (Å²) in [5, 5.41) is 14.6.